The number of rotatable bonds is 7. The third kappa shape index (κ3) is 5.46. The molecule has 188 valence electrons. The van der Waals surface area contributed by atoms with Gasteiger partial charge in [0.05, 0.1) is 28.5 Å². The van der Waals surface area contributed by atoms with Crippen molar-refractivity contribution in [3.05, 3.63) is 112 Å². The molecule has 4 aromatic rings. The van der Waals surface area contributed by atoms with Crippen LogP contribution >= 0.6 is 35.4 Å². The molecule has 3 heterocycles. The van der Waals surface area contributed by atoms with E-state index in [1.165, 1.54) is 24.3 Å². The Balaban J connectivity index is 1.45. The maximum atomic E-state index is 13.2. The second kappa shape index (κ2) is 10.9. The highest BCUT2D eigenvalue weighted by molar-refractivity contribution is 7.80. The number of pyridine rings is 1. The number of carbonyl (C=O) groups is 1. The lowest BCUT2D eigenvalue weighted by Gasteiger charge is -2.29. The van der Waals surface area contributed by atoms with Gasteiger partial charge in [-0.25, -0.2) is 4.39 Å². The van der Waals surface area contributed by atoms with Gasteiger partial charge in [-0.15, -0.1) is 0 Å². The van der Waals surface area contributed by atoms with Crippen LogP contribution in [0.3, 0.4) is 0 Å². The Hall–Kier alpha value is -3.46. The molecule has 2 aromatic heterocycles. The van der Waals surface area contributed by atoms with E-state index in [1.54, 1.807) is 18.3 Å². The second-order valence-corrected chi connectivity index (χ2v) is 9.75. The van der Waals surface area contributed by atoms with Crippen LogP contribution in [0.5, 0.6) is 0 Å². The number of aromatic nitrogens is 2. The summed E-state index contributed by atoms with van der Waals surface area (Å²) in [5, 5.41) is 7.78. The van der Waals surface area contributed by atoms with Crippen LogP contribution in [0.25, 0.3) is 5.69 Å². The van der Waals surface area contributed by atoms with Crippen LogP contribution in [0.15, 0.2) is 85.2 Å². The first kappa shape index (κ1) is 25.2. The lowest BCUT2D eigenvalue weighted by molar-refractivity contribution is -0.116. The molecule has 0 radical (unpaired) electrons. The van der Waals surface area contributed by atoms with Gasteiger partial charge >= 0.3 is 0 Å². The van der Waals surface area contributed by atoms with Crippen LogP contribution in [0, 0.1) is 5.82 Å². The summed E-state index contributed by atoms with van der Waals surface area (Å²) in [5.41, 5.74) is 3.05. The highest BCUT2D eigenvalue weighted by atomic mass is 35.5. The second-order valence-electron chi connectivity index (χ2n) is 8.52. The molecule has 1 aliphatic rings. The molecule has 0 spiro atoms. The molecule has 2 aromatic carbocycles. The molecule has 6 nitrogen and oxygen atoms in total. The number of thiocarbonyl (C=S) groups is 1. The molecule has 1 aliphatic heterocycles. The lowest BCUT2D eigenvalue weighted by Crippen LogP contribution is -2.33. The maximum absolute atomic E-state index is 13.2. The highest BCUT2D eigenvalue weighted by Gasteiger charge is 2.41. The summed E-state index contributed by atoms with van der Waals surface area (Å²) < 4.78 is 15.2. The topological polar surface area (TPSA) is 62.2 Å². The smallest absolute Gasteiger partial charge is 0.226 e. The highest BCUT2D eigenvalue weighted by Crippen LogP contribution is 2.40. The van der Waals surface area contributed by atoms with Gasteiger partial charge in [-0.3, -0.25) is 9.78 Å². The van der Waals surface area contributed by atoms with Crippen molar-refractivity contribution in [1.82, 2.24) is 19.8 Å². The van der Waals surface area contributed by atoms with Crippen molar-refractivity contribution >= 4 is 52.1 Å². The van der Waals surface area contributed by atoms with Crippen LogP contribution in [-0.4, -0.2) is 32.0 Å². The average Bonchev–Trinajstić information content (AvgIpc) is 3.48. The first-order valence-electron chi connectivity index (χ1n) is 11.6. The van der Waals surface area contributed by atoms with E-state index >= 15 is 0 Å². The minimum atomic E-state index is -0.362. The van der Waals surface area contributed by atoms with Crippen molar-refractivity contribution in [3.63, 3.8) is 0 Å². The average molecular weight is 554 g/mol. The molecule has 0 bridgehead atoms. The van der Waals surface area contributed by atoms with Crippen molar-refractivity contribution < 1.29 is 9.18 Å². The van der Waals surface area contributed by atoms with Gasteiger partial charge in [-0.05, 0) is 78.9 Å². The van der Waals surface area contributed by atoms with Gasteiger partial charge in [-0.2, -0.15) is 0 Å². The Morgan fingerprint density at radius 3 is 2.62 bits per heavy atom. The number of nitrogens with one attached hydrogen (secondary N) is 2. The summed E-state index contributed by atoms with van der Waals surface area (Å²) in [6, 6.07) is 20.2. The van der Waals surface area contributed by atoms with Gasteiger partial charge in [0.1, 0.15) is 5.82 Å². The fraction of sp³-hybridized carbons (Fsp3) is 0.148. The normalized spacial score (nSPS) is 17.1. The van der Waals surface area contributed by atoms with Gasteiger partial charge in [0.2, 0.25) is 5.91 Å². The quantitative estimate of drug-likeness (QED) is 0.262. The molecule has 0 saturated carbocycles. The van der Waals surface area contributed by atoms with Crippen LogP contribution < -0.4 is 10.6 Å². The summed E-state index contributed by atoms with van der Waals surface area (Å²) >= 11 is 18.4. The van der Waals surface area contributed by atoms with Gasteiger partial charge in [0.15, 0.2) is 5.11 Å². The van der Waals surface area contributed by atoms with Crippen LogP contribution in [0.2, 0.25) is 10.0 Å². The van der Waals surface area contributed by atoms with Crippen molar-refractivity contribution in [2.75, 3.05) is 11.9 Å². The third-order valence-corrected chi connectivity index (χ3v) is 7.05. The van der Waals surface area contributed by atoms with Crippen molar-refractivity contribution in [1.29, 1.82) is 0 Å². The zero-order valence-corrected chi connectivity index (χ0v) is 21.8. The van der Waals surface area contributed by atoms with Crippen molar-refractivity contribution in [3.8, 4) is 5.69 Å². The van der Waals surface area contributed by atoms with E-state index in [1.807, 2.05) is 52.1 Å². The van der Waals surface area contributed by atoms with Gasteiger partial charge in [-0.1, -0.05) is 29.3 Å². The molecule has 0 unspecified atom stereocenters. The Kier molecular flexibility index (Phi) is 7.41. The number of halogens is 3. The van der Waals surface area contributed by atoms with Gasteiger partial charge in [0, 0.05) is 41.8 Å². The molecule has 5 rings (SSSR count). The minimum absolute atomic E-state index is 0.174. The van der Waals surface area contributed by atoms with Crippen LogP contribution in [0.1, 0.15) is 29.9 Å². The summed E-state index contributed by atoms with van der Waals surface area (Å²) in [5.74, 6) is -0.566. The molecule has 1 amide bonds. The maximum Gasteiger partial charge on any atom is 0.226 e. The number of anilines is 1. The molecular formula is C27H22Cl2FN5OS. The molecule has 37 heavy (non-hydrogen) atoms. The fourth-order valence-corrected chi connectivity index (χ4v) is 5.31. The van der Waals surface area contributed by atoms with E-state index in [2.05, 4.69) is 15.6 Å². The third-order valence-electron chi connectivity index (χ3n) is 6.16. The fourth-order valence-electron chi connectivity index (χ4n) is 4.48. The number of benzene rings is 2. The number of hydrogen-bond acceptors (Lipinski definition) is 3. The molecule has 0 aliphatic carbocycles. The summed E-state index contributed by atoms with van der Waals surface area (Å²) in [6.45, 7) is 0.354. The Labute approximate surface area is 229 Å². The van der Waals surface area contributed by atoms with Crippen LogP contribution in [0.4, 0.5) is 10.1 Å². The zero-order chi connectivity index (χ0) is 25.9. The van der Waals surface area contributed by atoms with Crippen molar-refractivity contribution in [2.45, 2.75) is 18.5 Å². The number of hydrogen-bond donors (Lipinski definition) is 2. The van der Waals surface area contributed by atoms with Crippen molar-refractivity contribution in [2.24, 2.45) is 0 Å². The first-order chi connectivity index (χ1) is 17.9. The van der Waals surface area contributed by atoms with E-state index in [4.69, 9.17) is 35.4 Å². The van der Waals surface area contributed by atoms with E-state index in [0.717, 1.165) is 17.1 Å². The van der Waals surface area contributed by atoms with Gasteiger partial charge < -0.3 is 20.1 Å². The molecule has 2 atom stereocenters. The summed E-state index contributed by atoms with van der Waals surface area (Å²) in [7, 11) is 0. The van der Waals surface area contributed by atoms with E-state index in [9.17, 15) is 9.18 Å². The van der Waals surface area contributed by atoms with E-state index in [0.29, 0.717) is 27.4 Å². The number of amides is 1. The van der Waals surface area contributed by atoms with E-state index < -0.39 is 0 Å². The number of carbonyl (C=O) groups excluding carboxylic acids is 1. The number of nitrogens with zero attached hydrogens (tertiary/aromatic N) is 3. The Morgan fingerprint density at radius 1 is 1.08 bits per heavy atom. The Morgan fingerprint density at radius 2 is 1.89 bits per heavy atom. The Bertz CT molecular complexity index is 1430. The largest absolute Gasteiger partial charge is 0.352 e. The van der Waals surface area contributed by atoms with Gasteiger partial charge in [0.25, 0.3) is 0 Å². The molecule has 1 fully saturated rings. The summed E-state index contributed by atoms with van der Waals surface area (Å²) in [6.07, 6.45) is 3.85. The molecule has 1 saturated heterocycles. The first-order valence-corrected chi connectivity index (χ1v) is 12.7. The standard InChI is InChI=1S/C27H22Cl2FN5OS/c28-17-6-11-22(20(29)16-17)34-14-3-5-23(34)26-25(21-4-1-2-13-31-21)33-27(37)35(26)15-12-24(36)32-19-9-7-18(30)8-10-19/h1-11,13-14,16,25-26H,12,15H2,(H,32,36)(H,33,37)/t25-,26-/m1/s1. The summed E-state index contributed by atoms with van der Waals surface area (Å²) in [4.78, 5) is 19.3. The SMILES string of the molecule is O=C(CCN1C(=S)N[C@H](c2ccccn2)[C@H]1c1cccn1-c1ccc(Cl)cc1Cl)Nc1ccc(F)cc1. The van der Waals surface area contributed by atoms with E-state index in [-0.39, 0.29) is 30.2 Å². The minimum Gasteiger partial charge on any atom is -0.352 e. The van der Waals surface area contributed by atoms with Crippen LogP contribution in [-0.2, 0) is 4.79 Å². The molecule has 2 N–H and O–H groups in total. The predicted molar refractivity (Wildman–Crippen MR) is 148 cm³/mol. The lowest BCUT2D eigenvalue weighted by atomic mass is 10.0. The zero-order valence-electron chi connectivity index (χ0n) is 19.4. The predicted octanol–water partition coefficient (Wildman–Crippen LogP) is 6.32. The monoisotopic (exact) mass is 553 g/mol. The molecule has 10 heteroatoms. The molecular weight excluding hydrogens is 532 g/mol.